The Labute approximate surface area is 174 Å². The van der Waals surface area contributed by atoms with Crippen molar-refractivity contribution in [1.82, 2.24) is 9.55 Å². The summed E-state index contributed by atoms with van der Waals surface area (Å²) in [6, 6.07) is 15.2. The maximum absolute atomic E-state index is 13.6. The van der Waals surface area contributed by atoms with Crippen LogP contribution in [0.15, 0.2) is 65.7 Å². The summed E-state index contributed by atoms with van der Waals surface area (Å²) in [4.78, 5) is 30.1. The third kappa shape index (κ3) is 4.21. The number of hydrogen-bond acceptors (Lipinski definition) is 4. The lowest BCUT2D eigenvalue weighted by Crippen LogP contribution is -2.23. The van der Waals surface area contributed by atoms with Crippen LogP contribution >= 0.6 is 22.9 Å². The highest BCUT2D eigenvalue weighted by Crippen LogP contribution is 2.31. The van der Waals surface area contributed by atoms with Gasteiger partial charge in [-0.05, 0) is 35.9 Å². The zero-order valence-electron chi connectivity index (χ0n) is 15.1. The number of benzene rings is 2. The number of thiophene rings is 1. The van der Waals surface area contributed by atoms with Crippen LogP contribution in [0, 0.1) is 5.82 Å². The smallest absolute Gasteiger partial charge is 0.271 e. The molecule has 0 saturated carbocycles. The number of fused-ring (bicyclic) bond motifs is 1. The highest BCUT2D eigenvalue weighted by molar-refractivity contribution is 7.22. The molecule has 8 heteroatoms. The minimum absolute atomic E-state index is 0.0246. The van der Waals surface area contributed by atoms with Gasteiger partial charge < -0.3 is 5.32 Å². The SMILES string of the molecule is O=C(CCn1cnc2cc(-c3ccc(Cl)cc3)sc2c1=O)Nc1ccccc1F. The molecule has 4 aromatic rings. The molecular formula is C21H15ClFN3O2S. The van der Waals surface area contributed by atoms with Crippen molar-refractivity contribution in [3.8, 4) is 10.4 Å². The minimum atomic E-state index is -0.505. The lowest BCUT2D eigenvalue weighted by Gasteiger charge is -2.07. The average molecular weight is 428 g/mol. The van der Waals surface area contributed by atoms with Crippen LogP contribution in [0.4, 0.5) is 10.1 Å². The van der Waals surface area contributed by atoms with Crippen LogP contribution in [0.1, 0.15) is 6.42 Å². The predicted octanol–water partition coefficient (Wildman–Crippen LogP) is 4.95. The van der Waals surface area contributed by atoms with Gasteiger partial charge in [0.25, 0.3) is 5.56 Å². The Bertz CT molecular complexity index is 1250. The lowest BCUT2D eigenvalue weighted by atomic mass is 10.2. The number of nitrogens with zero attached hydrogens (tertiary/aromatic N) is 2. The third-order valence-corrected chi connectivity index (χ3v) is 5.77. The van der Waals surface area contributed by atoms with Gasteiger partial charge >= 0.3 is 0 Å². The molecule has 0 aliphatic heterocycles. The summed E-state index contributed by atoms with van der Waals surface area (Å²) in [5, 5.41) is 3.15. The van der Waals surface area contributed by atoms with E-state index in [4.69, 9.17) is 11.6 Å². The summed E-state index contributed by atoms with van der Waals surface area (Å²) in [5.74, 6) is -0.885. The van der Waals surface area contributed by atoms with Gasteiger partial charge in [-0.2, -0.15) is 0 Å². The van der Waals surface area contributed by atoms with Crippen LogP contribution in [-0.4, -0.2) is 15.5 Å². The van der Waals surface area contributed by atoms with Crippen LogP contribution < -0.4 is 10.9 Å². The largest absolute Gasteiger partial charge is 0.324 e. The first kappa shape index (κ1) is 19.3. The summed E-state index contributed by atoms with van der Waals surface area (Å²) in [7, 11) is 0. The number of carbonyl (C=O) groups is 1. The minimum Gasteiger partial charge on any atom is -0.324 e. The Balaban J connectivity index is 1.52. The Morgan fingerprint density at radius 3 is 2.69 bits per heavy atom. The van der Waals surface area contributed by atoms with E-state index >= 15 is 0 Å². The van der Waals surface area contributed by atoms with Gasteiger partial charge in [0, 0.05) is 22.9 Å². The number of halogens is 2. The van der Waals surface area contributed by atoms with Crippen molar-refractivity contribution in [1.29, 1.82) is 0 Å². The van der Waals surface area contributed by atoms with E-state index in [2.05, 4.69) is 10.3 Å². The van der Waals surface area contributed by atoms with E-state index in [1.54, 1.807) is 24.3 Å². The molecule has 5 nitrogen and oxygen atoms in total. The van der Waals surface area contributed by atoms with E-state index in [1.807, 2.05) is 18.2 Å². The van der Waals surface area contributed by atoms with E-state index < -0.39 is 5.82 Å². The standard InChI is InChI=1S/C21H15ClFN3O2S/c22-14-7-5-13(6-8-14)18-11-17-20(29-18)21(28)26(12-24-17)10-9-19(27)25-16-4-2-1-3-15(16)23/h1-8,11-12H,9-10H2,(H,25,27). The molecule has 0 bridgehead atoms. The Morgan fingerprint density at radius 1 is 1.17 bits per heavy atom. The Kier molecular flexibility index (Phi) is 5.42. The fraction of sp³-hybridized carbons (Fsp3) is 0.0952. The number of para-hydroxylation sites is 1. The molecule has 1 N–H and O–H groups in total. The molecule has 0 spiro atoms. The summed E-state index contributed by atoms with van der Waals surface area (Å²) in [6.45, 7) is 0.149. The third-order valence-electron chi connectivity index (χ3n) is 4.36. The quantitative estimate of drug-likeness (QED) is 0.490. The van der Waals surface area contributed by atoms with E-state index in [9.17, 15) is 14.0 Å². The summed E-state index contributed by atoms with van der Waals surface area (Å²) in [5.41, 5.74) is 1.47. The fourth-order valence-electron chi connectivity index (χ4n) is 2.86. The number of aromatic nitrogens is 2. The average Bonchev–Trinajstić information content (AvgIpc) is 3.15. The van der Waals surface area contributed by atoms with Gasteiger partial charge in [0.1, 0.15) is 10.5 Å². The van der Waals surface area contributed by atoms with Gasteiger partial charge in [-0.1, -0.05) is 35.9 Å². The molecule has 0 saturated heterocycles. The second kappa shape index (κ2) is 8.14. The number of aryl methyl sites for hydroxylation is 1. The topological polar surface area (TPSA) is 64.0 Å². The van der Waals surface area contributed by atoms with E-state index in [-0.39, 0.29) is 30.1 Å². The fourth-order valence-corrected chi connectivity index (χ4v) is 4.05. The van der Waals surface area contributed by atoms with Crippen molar-refractivity contribution >= 4 is 44.7 Å². The lowest BCUT2D eigenvalue weighted by molar-refractivity contribution is -0.116. The van der Waals surface area contributed by atoms with Gasteiger partial charge in [-0.25, -0.2) is 9.37 Å². The molecule has 1 amide bonds. The number of rotatable bonds is 5. The zero-order chi connectivity index (χ0) is 20.4. The van der Waals surface area contributed by atoms with Crippen molar-refractivity contribution in [3.63, 3.8) is 0 Å². The number of anilines is 1. The van der Waals surface area contributed by atoms with Crippen LogP contribution in [-0.2, 0) is 11.3 Å². The summed E-state index contributed by atoms with van der Waals surface area (Å²) >= 11 is 7.27. The Hall–Kier alpha value is -3.03. The number of amides is 1. The molecule has 0 unspecified atom stereocenters. The van der Waals surface area contributed by atoms with E-state index in [0.29, 0.717) is 15.2 Å². The van der Waals surface area contributed by atoms with Crippen molar-refractivity contribution in [2.75, 3.05) is 5.32 Å². The molecule has 0 aliphatic carbocycles. The summed E-state index contributed by atoms with van der Waals surface area (Å²) < 4.78 is 15.5. The van der Waals surface area contributed by atoms with Crippen molar-refractivity contribution in [3.05, 3.63) is 82.1 Å². The molecule has 0 atom stereocenters. The first-order valence-electron chi connectivity index (χ1n) is 8.80. The van der Waals surface area contributed by atoms with Gasteiger partial charge in [0.05, 0.1) is 17.5 Å². The highest BCUT2D eigenvalue weighted by atomic mass is 35.5. The van der Waals surface area contributed by atoms with Gasteiger partial charge in [-0.3, -0.25) is 14.2 Å². The second-order valence-corrected chi connectivity index (χ2v) is 7.84. The maximum Gasteiger partial charge on any atom is 0.271 e. The highest BCUT2D eigenvalue weighted by Gasteiger charge is 2.12. The normalized spacial score (nSPS) is 11.0. The van der Waals surface area contributed by atoms with Crippen molar-refractivity contribution < 1.29 is 9.18 Å². The van der Waals surface area contributed by atoms with Gasteiger partial charge in [-0.15, -0.1) is 11.3 Å². The molecule has 2 aromatic heterocycles. The Morgan fingerprint density at radius 2 is 1.93 bits per heavy atom. The first-order valence-corrected chi connectivity index (χ1v) is 10.00. The number of nitrogens with one attached hydrogen (secondary N) is 1. The van der Waals surface area contributed by atoms with E-state index in [0.717, 1.165) is 10.4 Å². The van der Waals surface area contributed by atoms with Crippen LogP contribution in [0.5, 0.6) is 0 Å². The summed E-state index contributed by atoms with van der Waals surface area (Å²) in [6.07, 6.45) is 1.45. The molecule has 2 aromatic carbocycles. The molecule has 0 aliphatic rings. The van der Waals surface area contributed by atoms with Crippen LogP contribution in [0.25, 0.3) is 20.7 Å². The second-order valence-electron chi connectivity index (χ2n) is 6.35. The molecule has 2 heterocycles. The van der Waals surface area contributed by atoms with Crippen molar-refractivity contribution in [2.24, 2.45) is 0 Å². The number of hydrogen-bond donors (Lipinski definition) is 1. The van der Waals surface area contributed by atoms with Crippen LogP contribution in [0.3, 0.4) is 0 Å². The van der Waals surface area contributed by atoms with Crippen molar-refractivity contribution in [2.45, 2.75) is 13.0 Å². The molecule has 146 valence electrons. The predicted molar refractivity (Wildman–Crippen MR) is 114 cm³/mol. The molecule has 0 radical (unpaired) electrons. The zero-order valence-corrected chi connectivity index (χ0v) is 16.6. The van der Waals surface area contributed by atoms with E-state index in [1.165, 1.54) is 34.4 Å². The van der Waals surface area contributed by atoms with Gasteiger partial charge in [0.2, 0.25) is 5.91 Å². The number of carbonyl (C=O) groups excluding carboxylic acids is 1. The molecule has 4 rings (SSSR count). The maximum atomic E-state index is 13.6. The molecular weight excluding hydrogens is 413 g/mol. The molecule has 29 heavy (non-hydrogen) atoms. The first-order chi connectivity index (χ1) is 14.0. The van der Waals surface area contributed by atoms with Crippen LogP contribution in [0.2, 0.25) is 5.02 Å². The van der Waals surface area contributed by atoms with Gasteiger partial charge in [0.15, 0.2) is 0 Å². The molecule has 0 fully saturated rings. The monoisotopic (exact) mass is 427 g/mol.